The summed E-state index contributed by atoms with van der Waals surface area (Å²) in [4.78, 5) is 23.7. The maximum atomic E-state index is 12.4. The van der Waals surface area contributed by atoms with Gasteiger partial charge in [0.05, 0.1) is 23.2 Å². The lowest BCUT2D eigenvalue weighted by Gasteiger charge is -2.24. The highest BCUT2D eigenvalue weighted by molar-refractivity contribution is 5.95. The molecular weight excluding hydrogens is 306 g/mol. The normalized spacial score (nSPS) is 19.9. The van der Waals surface area contributed by atoms with Gasteiger partial charge in [-0.05, 0) is 50.1 Å². The molecule has 0 fully saturated rings. The van der Waals surface area contributed by atoms with Crippen molar-refractivity contribution in [2.45, 2.75) is 19.8 Å². The van der Waals surface area contributed by atoms with Gasteiger partial charge in [0.15, 0.2) is 0 Å². The molecule has 2 N–H and O–H groups in total. The molecule has 0 spiro atoms. The maximum absolute atomic E-state index is 12.4. The third kappa shape index (κ3) is 3.37. The number of carboxylic acids is 1. The van der Waals surface area contributed by atoms with Crippen molar-refractivity contribution in [2.75, 3.05) is 5.32 Å². The van der Waals surface area contributed by atoms with E-state index in [9.17, 15) is 14.7 Å². The zero-order valence-corrected chi connectivity index (χ0v) is 13.3. The average Bonchev–Trinajstić information content (AvgIpc) is 3.02. The maximum Gasteiger partial charge on any atom is 0.307 e. The van der Waals surface area contributed by atoms with Crippen molar-refractivity contribution < 1.29 is 14.7 Å². The number of benzene rings is 1. The zero-order valence-electron chi connectivity index (χ0n) is 13.3. The second kappa shape index (κ2) is 6.70. The molecule has 3 rings (SSSR count). The predicted octanol–water partition coefficient (Wildman–Crippen LogP) is 2.79. The van der Waals surface area contributed by atoms with Crippen molar-refractivity contribution >= 4 is 17.6 Å². The lowest BCUT2D eigenvalue weighted by Crippen LogP contribution is -2.34. The van der Waals surface area contributed by atoms with Crippen LogP contribution in [0.2, 0.25) is 0 Å². The quantitative estimate of drug-likeness (QED) is 0.847. The highest BCUT2D eigenvalue weighted by atomic mass is 16.4. The Labute approximate surface area is 139 Å². The van der Waals surface area contributed by atoms with Gasteiger partial charge in [-0.2, -0.15) is 5.10 Å². The second-order valence-electron chi connectivity index (χ2n) is 5.93. The van der Waals surface area contributed by atoms with E-state index in [0.717, 1.165) is 11.4 Å². The van der Waals surface area contributed by atoms with Gasteiger partial charge in [-0.1, -0.05) is 12.2 Å². The molecule has 2 aromatic rings. The van der Waals surface area contributed by atoms with Crippen LogP contribution >= 0.6 is 0 Å². The Morgan fingerprint density at radius 2 is 1.79 bits per heavy atom. The van der Waals surface area contributed by atoms with E-state index in [0.29, 0.717) is 18.5 Å². The number of hydrogen-bond donors (Lipinski definition) is 2. The fourth-order valence-electron chi connectivity index (χ4n) is 2.87. The molecule has 2 atom stereocenters. The van der Waals surface area contributed by atoms with Gasteiger partial charge >= 0.3 is 5.97 Å². The highest BCUT2D eigenvalue weighted by Gasteiger charge is 2.33. The minimum Gasteiger partial charge on any atom is -0.481 e. The molecule has 1 aromatic carbocycles. The van der Waals surface area contributed by atoms with Gasteiger partial charge < -0.3 is 10.4 Å². The summed E-state index contributed by atoms with van der Waals surface area (Å²) in [6, 6.07) is 9.21. The van der Waals surface area contributed by atoms with Crippen LogP contribution in [-0.4, -0.2) is 26.8 Å². The van der Waals surface area contributed by atoms with Crippen molar-refractivity contribution in [3.8, 4) is 5.69 Å². The third-order valence-electron chi connectivity index (χ3n) is 4.21. The summed E-state index contributed by atoms with van der Waals surface area (Å²) < 4.78 is 1.76. The Kier molecular flexibility index (Phi) is 4.46. The Balaban J connectivity index is 1.70. The second-order valence-corrected chi connectivity index (χ2v) is 5.93. The number of carbonyl (C=O) groups is 2. The minimum absolute atomic E-state index is 0.255. The number of nitrogens with one attached hydrogen (secondary N) is 1. The van der Waals surface area contributed by atoms with E-state index < -0.39 is 17.8 Å². The smallest absolute Gasteiger partial charge is 0.307 e. The summed E-state index contributed by atoms with van der Waals surface area (Å²) >= 11 is 0. The number of rotatable bonds is 4. The molecule has 0 saturated heterocycles. The Morgan fingerprint density at radius 1 is 1.12 bits per heavy atom. The number of nitrogens with zero attached hydrogens (tertiary/aromatic N) is 2. The van der Waals surface area contributed by atoms with Crippen molar-refractivity contribution in [3.05, 3.63) is 54.4 Å². The fraction of sp³-hybridized carbons (Fsp3) is 0.278. The molecule has 0 unspecified atom stereocenters. The Hall–Kier alpha value is -2.89. The number of anilines is 1. The van der Waals surface area contributed by atoms with Crippen LogP contribution < -0.4 is 5.32 Å². The van der Waals surface area contributed by atoms with Crippen LogP contribution in [0.3, 0.4) is 0 Å². The number of amides is 1. The molecule has 0 bridgehead atoms. The van der Waals surface area contributed by atoms with E-state index in [2.05, 4.69) is 10.4 Å². The monoisotopic (exact) mass is 325 g/mol. The summed E-state index contributed by atoms with van der Waals surface area (Å²) in [6.07, 6.45) is 6.41. The molecule has 6 heteroatoms. The van der Waals surface area contributed by atoms with Gasteiger partial charge in [0.25, 0.3) is 0 Å². The van der Waals surface area contributed by atoms with Gasteiger partial charge in [0, 0.05) is 11.9 Å². The number of aliphatic carboxylic acids is 1. The standard InChI is InChI=1S/C18H19N3O3/c1-12-10-11-21(20-12)14-8-6-13(7-9-14)19-17(22)15-4-2-3-5-16(15)18(23)24/h2-3,6-11,15-16H,4-5H2,1H3,(H,19,22)(H,23,24)/t15-,16-/m1/s1. The molecule has 1 aromatic heterocycles. The van der Waals surface area contributed by atoms with Crippen LogP contribution in [-0.2, 0) is 9.59 Å². The van der Waals surface area contributed by atoms with Crippen LogP contribution in [0.25, 0.3) is 5.69 Å². The van der Waals surface area contributed by atoms with Crippen LogP contribution in [0, 0.1) is 18.8 Å². The van der Waals surface area contributed by atoms with Gasteiger partial charge in [-0.3, -0.25) is 9.59 Å². The highest BCUT2D eigenvalue weighted by Crippen LogP contribution is 2.27. The van der Waals surface area contributed by atoms with E-state index in [-0.39, 0.29) is 5.91 Å². The third-order valence-corrected chi connectivity index (χ3v) is 4.21. The van der Waals surface area contributed by atoms with Crippen LogP contribution in [0.5, 0.6) is 0 Å². The summed E-state index contributed by atoms with van der Waals surface area (Å²) in [7, 11) is 0. The summed E-state index contributed by atoms with van der Waals surface area (Å²) in [5.41, 5.74) is 2.47. The first-order chi connectivity index (χ1) is 11.5. The van der Waals surface area contributed by atoms with Crippen LogP contribution in [0.1, 0.15) is 18.5 Å². The lowest BCUT2D eigenvalue weighted by molar-refractivity contribution is -0.146. The van der Waals surface area contributed by atoms with Crippen LogP contribution in [0.15, 0.2) is 48.7 Å². The van der Waals surface area contributed by atoms with E-state index in [4.69, 9.17) is 0 Å². The van der Waals surface area contributed by atoms with Crippen molar-refractivity contribution in [1.29, 1.82) is 0 Å². The van der Waals surface area contributed by atoms with E-state index in [1.807, 2.05) is 43.5 Å². The molecule has 0 aliphatic heterocycles. The number of allylic oxidation sites excluding steroid dienone is 2. The largest absolute Gasteiger partial charge is 0.481 e. The zero-order chi connectivity index (χ0) is 17.1. The number of aromatic nitrogens is 2. The number of aryl methyl sites for hydroxylation is 1. The molecule has 24 heavy (non-hydrogen) atoms. The number of hydrogen-bond acceptors (Lipinski definition) is 3. The summed E-state index contributed by atoms with van der Waals surface area (Å²) in [5, 5.41) is 16.4. The summed E-state index contributed by atoms with van der Waals surface area (Å²) in [5.74, 6) is -2.39. The van der Waals surface area contributed by atoms with Gasteiger partial charge in [-0.15, -0.1) is 0 Å². The first-order valence-electron chi connectivity index (χ1n) is 7.86. The van der Waals surface area contributed by atoms with E-state index >= 15 is 0 Å². The summed E-state index contributed by atoms with van der Waals surface area (Å²) in [6.45, 7) is 1.92. The lowest BCUT2D eigenvalue weighted by atomic mass is 9.82. The van der Waals surface area contributed by atoms with Crippen molar-refractivity contribution in [3.63, 3.8) is 0 Å². The minimum atomic E-state index is -0.927. The van der Waals surface area contributed by atoms with Crippen molar-refractivity contribution in [1.82, 2.24) is 9.78 Å². The number of carboxylic acid groups (broad SMARTS) is 1. The van der Waals surface area contributed by atoms with Crippen molar-refractivity contribution in [2.24, 2.45) is 11.8 Å². The first kappa shape index (κ1) is 16.0. The molecule has 0 radical (unpaired) electrons. The Morgan fingerprint density at radius 3 is 2.38 bits per heavy atom. The van der Waals surface area contributed by atoms with Gasteiger partial charge in [0.1, 0.15) is 0 Å². The van der Waals surface area contributed by atoms with Gasteiger partial charge in [-0.25, -0.2) is 4.68 Å². The molecule has 124 valence electrons. The molecule has 1 aliphatic rings. The first-order valence-corrected chi connectivity index (χ1v) is 7.86. The average molecular weight is 325 g/mol. The number of carbonyl (C=O) groups excluding carboxylic acids is 1. The van der Waals surface area contributed by atoms with E-state index in [1.54, 1.807) is 16.8 Å². The van der Waals surface area contributed by atoms with Crippen LogP contribution in [0.4, 0.5) is 5.69 Å². The topological polar surface area (TPSA) is 84.2 Å². The molecule has 1 heterocycles. The molecule has 0 saturated carbocycles. The fourth-order valence-corrected chi connectivity index (χ4v) is 2.87. The SMILES string of the molecule is Cc1ccn(-c2ccc(NC(=O)[C@@H]3CC=CC[C@H]3C(=O)O)cc2)n1. The molecular formula is C18H19N3O3. The predicted molar refractivity (Wildman–Crippen MR) is 89.9 cm³/mol. The van der Waals surface area contributed by atoms with Gasteiger partial charge in [0.2, 0.25) is 5.91 Å². The molecule has 6 nitrogen and oxygen atoms in total. The van der Waals surface area contributed by atoms with E-state index in [1.165, 1.54) is 0 Å². The molecule has 1 aliphatic carbocycles. The Bertz CT molecular complexity index is 777. The molecule has 1 amide bonds.